The van der Waals surface area contributed by atoms with Crippen molar-refractivity contribution in [2.45, 2.75) is 6.92 Å². The highest BCUT2D eigenvalue weighted by atomic mass is 35.5. The van der Waals surface area contributed by atoms with Gasteiger partial charge in [0, 0.05) is 0 Å². The molecule has 0 radical (unpaired) electrons. The van der Waals surface area contributed by atoms with Crippen molar-refractivity contribution in [3.8, 4) is 0 Å². The molecule has 5 heteroatoms. The fraction of sp³-hybridized carbons (Fsp3) is 0.0909. The Morgan fingerprint density at radius 2 is 2.12 bits per heavy atom. The molecule has 1 aromatic rings. The maximum atomic E-state index is 13.5. The zero-order valence-electron chi connectivity index (χ0n) is 8.56. The maximum Gasteiger partial charge on any atom is 0.166 e. The largest absolute Gasteiger partial charge is 0.394 e. The summed E-state index contributed by atoms with van der Waals surface area (Å²) in [5.41, 5.74) is 5.98. The first-order valence-electron chi connectivity index (χ1n) is 4.36. The van der Waals surface area contributed by atoms with Crippen LogP contribution in [-0.2, 0) is 0 Å². The Bertz CT molecular complexity index is 457. The van der Waals surface area contributed by atoms with Crippen LogP contribution in [0.4, 0.5) is 8.78 Å². The predicted octanol–water partition coefficient (Wildman–Crippen LogP) is 4.30. The number of hydrogen-bond acceptors (Lipinski definition) is 2. The molecule has 0 atom stereocenters. The van der Waals surface area contributed by atoms with Gasteiger partial charge in [-0.25, -0.2) is 4.39 Å². The van der Waals surface area contributed by atoms with Crippen molar-refractivity contribution >= 4 is 28.9 Å². The van der Waals surface area contributed by atoms with E-state index in [1.165, 1.54) is 19.1 Å². The maximum absolute atomic E-state index is 13.5. The predicted molar refractivity (Wildman–Crippen MR) is 66.0 cm³/mol. The lowest BCUT2D eigenvalue weighted by atomic mass is 10.1. The first kappa shape index (κ1) is 13.1. The third kappa shape index (κ3) is 3.25. The minimum absolute atomic E-state index is 0.00726. The van der Waals surface area contributed by atoms with Crippen molar-refractivity contribution in [3.05, 3.63) is 51.4 Å². The second-order valence-corrected chi connectivity index (χ2v) is 4.59. The lowest BCUT2D eigenvalue weighted by Crippen LogP contribution is -1.90. The van der Waals surface area contributed by atoms with Crippen LogP contribution in [-0.4, -0.2) is 0 Å². The minimum atomic E-state index is -0.581. The van der Waals surface area contributed by atoms with Crippen LogP contribution >= 0.6 is 23.4 Å². The van der Waals surface area contributed by atoms with Gasteiger partial charge in [-0.15, -0.1) is 0 Å². The Hall–Kier alpha value is -1.00. The van der Waals surface area contributed by atoms with E-state index in [9.17, 15) is 8.78 Å². The van der Waals surface area contributed by atoms with Crippen LogP contribution in [0, 0.1) is 5.82 Å². The lowest BCUT2D eigenvalue weighted by Gasteiger charge is -2.05. The lowest BCUT2D eigenvalue weighted by molar-refractivity contribution is 0.627. The highest BCUT2D eigenvalue weighted by molar-refractivity contribution is 8.06. The molecule has 0 heterocycles. The van der Waals surface area contributed by atoms with Crippen molar-refractivity contribution in [1.29, 1.82) is 0 Å². The van der Waals surface area contributed by atoms with Gasteiger partial charge >= 0.3 is 0 Å². The van der Waals surface area contributed by atoms with Crippen molar-refractivity contribution in [2.75, 3.05) is 0 Å². The summed E-state index contributed by atoms with van der Waals surface area (Å²) in [6.07, 6.45) is 0. The molecule has 0 aromatic heterocycles. The van der Waals surface area contributed by atoms with Crippen LogP contribution in [0.2, 0.25) is 5.02 Å². The molecule has 0 spiro atoms. The van der Waals surface area contributed by atoms with Crippen LogP contribution in [0.15, 0.2) is 35.0 Å². The number of benzene rings is 1. The average Bonchev–Trinajstić information content (AvgIpc) is 2.20. The van der Waals surface area contributed by atoms with E-state index in [4.69, 9.17) is 17.3 Å². The molecular formula is C11H10ClF2NS. The van der Waals surface area contributed by atoms with E-state index >= 15 is 0 Å². The van der Waals surface area contributed by atoms with E-state index in [0.29, 0.717) is 22.9 Å². The molecule has 1 aromatic carbocycles. The van der Waals surface area contributed by atoms with E-state index < -0.39 is 11.0 Å². The molecule has 86 valence electrons. The van der Waals surface area contributed by atoms with Gasteiger partial charge in [-0.2, -0.15) is 4.39 Å². The molecule has 0 aliphatic rings. The summed E-state index contributed by atoms with van der Waals surface area (Å²) in [6.45, 7) is 4.91. The molecule has 0 fully saturated rings. The molecule has 16 heavy (non-hydrogen) atoms. The summed E-state index contributed by atoms with van der Waals surface area (Å²) in [7, 11) is 0. The molecule has 0 amide bonds. The van der Waals surface area contributed by atoms with Crippen LogP contribution in [0.3, 0.4) is 0 Å². The Labute approximate surface area is 102 Å². The Kier molecular flexibility index (Phi) is 4.38. The normalized spacial score (nSPS) is 12.2. The molecule has 0 unspecified atom stereocenters. The summed E-state index contributed by atoms with van der Waals surface area (Å²) in [5.74, 6) is -0.581. The SMILES string of the molecule is C=C(N)S/C(F)=C(\C)c1ccc(Cl)c(F)c1. The van der Waals surface area contributed by atoms with Gasteiger partial charge in [0.2, 0.25) is 0 Å². The molecule has 1 rings (SSSR count). The van der Waals surface area contributed by atoms with Gasteiger partial charge < -0.3 is 5.73 Å². The first-order chi connectivity index (χ1) is 7.41. The van der Waals surface area contributed by atoms with Crippen molar-refractivity contribution in [3.63, 3.8) is 0 Å². The summed E-state index contributed by atoms with van der Waals surface area (Å²) >= 11 is 6.23. The third-order valence-electron chi connectivity index (χ3n) is 1.87. The highest BCUT2D eigenvalue weighted by Gasteiger charge is 2.08. The number of nitrogens with two attached hydrogens (primary N) is 1. The zero-order valence-corrected chi connectivity index (χ0v) is 10.1. The third-order valence-corrected chi connectivity index (χ3v) is 2.92. The van der Waals surface area contributed by atoms with E-state index in [2.05, 4.69) is 6.58 Å². The molecule has 0 bridgehead atoms. The minimum Gasteiger partial charge on any atom is -0.394 e. The fourth-order valence-electron chi connectivity index (χ4n) is 1.03. The van der Waals surface area contributed by atoms with Crippen LogP contribution in [0.5, 0.6) is 0 Å². The second kappa shape index (κ2) is 5.37. The number of halogens is 3. The van der Waals surface area contributed by atoms with E-state index in [-0.39, 0.29) is 10.1 Å². The average molecular weight is 262 g/mol. The Morgan fingerprint density at radius 1 is 1.50 bits per heavy atom. The Balaban J connectivity index is 3.08. The van der Waals surface area contributed by atoms with Gasteiger partial charge in [-0.3, -0.25) is 0 Å². The van der Waals surface area contributed by atoms with Gasteiger partial charge in [-0.05, 0) is 42.0 Å². The standard InChI is InChI=1S/C11H10ClF2NS/c1-6(11(14)16-7(2)15)8-3-4-9(12)10(13)5-8/h3-5H,2,15H2,1H3/b11-6+. The first-order valence-corrected chi connectivity index (χ1v) is 5.55. The van der Waals surface area contributed by atoms with Crippen molar-refractivity contribution in [2.24, 2.45) is 5.73 Å². The van der Waals surface area contributed by atoms with Gasteiger partial charge in [-0.1, -0.05) is 24.2 Å². The fourth-order valence-corrected chi connectivity index (χ4v) is 1.65. The summed E-state index contributed by atoms with van der Waals surface area (Å²) in [4.78, 5) is 0. The molecule has 1 nitrogen and oxygen atoms in total. The molecule has 0 aliphatic carbocycles. The van der Waals surface area contributed by atoms with E-state index in [1.54, 1.807) is 6.07 Å². The topological polar surface area (TPSA) is 26.0 Å². The van der Waals surface area contributed by atoms with E-state index in [1.807, 2.05) is 0 Å². The van der Waals surface area contributed by atoms with Gasteiger partial charge in [0.1, 0.15) is 5.82 Å². The second-order valence-electron chi connectivity index (χ2n) is 3.10. The van der Waals surface area contributed by atoms with Crippen LogP contribution in [0.1, 0.15) is 12.5 Å². The van der Waals surface area contributed by atoms with Crippen molar-refractivity contribution in [1.82, 2.24) is 0 Å². The molecule has 0 saturated carbocycles. The van der Waals surface area contributed by atoms with Crippen LogP contribution in [0.25, 0.3) is 5.57 Å². The molecule has 2 N–H and O–H groups in total. The van der Waals surface area contributed by atoms with Gasteiger partial charge in [0.15, 0.2) is 5.16 Å². The number of rotatable bonds is 3. The van der Waals surface area contributed by atoms with E-state index in [0.717, 1.165) is 0 Å². The smallest absolute Gasteiger partial charge is 0.166 e. The van der Waals surface area contributed by atoms with Gasteiger partial charge in [0.05, 0.1) is 10.1 Å². The highest BCUT2D eigenvalue weighted by Crippen LogP contribution is 2.31. The summed E-state index contributed by atoms with van der Waals surface area (Å²) in [5, 5.41) is -0.353. The van der Waals surface area contributed by atoms with Crippen molar-refractivity contribution < 1.29 is 8.78 Å². The zero-order chi connectivity index (χ0) is 12.3. The summed E-state index contributed by atoms with van der Waals surface area (Å²) in [6, 6.07) is 4.10. The molecule has 0 saturated heterocycles. The molecular weight excluding hydrogens is 252 g/mol. The monoisotopic (exact) mass is 261 g/mol. The van der Waals surface area contributed by atoms with Gasteiger partial charge in [0.25, 0.3) is 0 Å². The Morgan fingerprint density at radius 3 is 2.62 bits per heavy atom. The number of allylic oxidation sites excluding steroid dienone is 1. The van der Waals surface area contributed by atoms with Crippen LogP contribution < -0.4 is 5.73 Å². The number of hydrogen-bond donors (Lipinski definition) is 1. The number of thioether (sulfide) groups is 1. The quantitative estimate of drug-likeness (QED) is 0.878. The summed E-state index contributed by atoms with van der Waals surface area (Å²) < 4.78 is 26.7. The molecule has 0 aliphatic heterocycles.